The lowest BCUT2D eigenvalue weighted by atomic mass is 10.1. The zero-order valence-electron chi connectivity index (χ0n) is 17.4. The second-order valence-corrected chi connectivity index (χ2v) is 9.43. The van der Waals surface area contributed by atoms with Crippen LogP contribution in [0.15, 0.2) is 53.4 Å². The predicted octanol–water partition coefficient (Wildman–Crippen LogP) is 2.43. The predicted molar refractivity (Wildman–Crippen MR) is 117 cm³/mol. The number of hydrogen-bond acceptors (Lipinski definition) is 4. The van der Waals surface area contributed by atoms with E-state index < -0.39 is 28.5 Å². The molecule has 0 bridgehead atoms. The van der Waals surface area contributed by atoms with Crippen LogP contribution in [0.3, 0.4) is 0 Å². The first-order chi connectivity index (χ1) is 14.1. The molecule has 0 saturated heterocycles. The minimum absolute atomic E-state index is 0.0343. The molecule has 0 fully saturated rings. The van der Waals surface area contributed by atoms with Gasteiger partial charge in [-0.05, 0) is 49.2 Å². The summed E-state index contributed by atoms with van der Waals surface area (Å²) in [6, 6.07) is 12.5. The summed E-state index contributed by atoms with van der Waals surface area (Å²) in [6.07, 6.45) is 0. The number of nitrogens with zero attached hydrogens (tertiary/aromatic N) is 2. The largest absolute Gasteiger partial charge is 0.357 e. The maximum absolute atomic E-state index is 13.1. The lowest BCUT2D eigenvalue weighted by Gasteiger charge is -2.30. The van der Waals surface area contributed by atoms with Gasteiger partial charge in [0.15, 0.2) is 0 Å². The van der Waals surface area contributed by atoms with Gasteiger partial charge in [0.2, 0.25) is 21.8 Å². The standard InChI is InChI=1S/C21H26ClN3O4S/c1-15-7-5-6-8-17(15)13-25(16(2)21(27)23-3)20(26)14-24(4)30(28,29)19-11-9-18(22)10-12-19/h5-12,16H,13-14H2,1-4H3,(H,23,27)/t16-/m0/s1. The van der Waals surface area contributed by atoms with Crippen molar-refractivity contribution in [3.8, 4) is 0 Å². The Labute approximate surface area is 182 Å². The molecule has 162 valence electrons. The van der Waals surface area contributed by atoms with Gasteiger partial charge < -0.3 is 10.2 Å². The van der Waals surface area contributed by atoms with E-state index in [1.807, 2.05) is 31.2 Å². The number of carbonyl (C=O) groups excluding carboxylic acids is 2. The highest BCUT2D eigenvalue weighted by atomic mass is 35.5. The number of halogens is 1. The van der Waals surface area contributed by atoms with Crippen molar-refractivity contribution in [2.24, 2.45) is 0 Å². The van der Waals surface area contributed by atoms with Gasteiger partial charge in [-0.25, -0.2) is 8.42 Å². The van der Waals surface area contributed by atoms with Gasteiger partial charge in [-0.2, -0.15) is 4.31 Å². The number of aryl methyl sites for hydroxylation is 1. The van der Waals surface area contributed by atoms with Crippen molar-refractivity contribution < 1.29 is 18.0 Å². The summed E-state index contributed by atoms with van der Waals surface area (Å²) < 4.78 is 26.6. The molecule has 0 aromatic heterocycles. The molecule has 0 saturated carbocycles. The lowest BCUT2D eigenvalue weighted by Crippen LogP contribution is -2.50. The van der Waals surface area contributed by atoms with E-state index in [0.717, 1.165) is 15.4 Å². The molecule has 0 spiro atoms. The zero-order valence-corrected chi connectivity index (χ0v) is 19.0. The van der Waals surface area contributed by atoms with Crippen LogP contribution < -0.4 is 5.32 Å². The third-order valence-electron chi connectivity index (χ3n) is 4.90. The molecule has 30 heavy (non-hydrogen) atoms. The van der Waals surface area contributed by atoms with Gasteiger partial charge in [-0.1, -0.05) is 35.9 Å². The van der Waals surface area contributed by atoms with Gasteiger partial charge >= 0.3 is 0 Å². The number of benzene rings is 2. The number of likely N-dealkylation sites (N-methyl/N-ethyl adjacent to an activating group) is 2. The molecule has 0 aliphatic heterocycles. The number of sulfonamides is 1. The van der Waals surface area contributed by atoms with Crippen molar-refractivity contribution in [3.05, 3.63) is 64.7 Å². The summed E-state index contributed by atoms with van der Waals surface area (Å²) in [6.45, 7) is 3.31. The first kappa shape index (κ1) is 23.9. The third kappa shape index (κ3) is 5.59. The van der Waals surface area contributed by atoms with Gasteiger partial charge in [-0.15, -0.1) is 0 Å². The van der Waals surface area contributed by atoms with Crippen LogP contribution in [0.25, 0.3) is 0 Å². The second-order valence-electron chi connectivity index (χ2n) is 6.95. The maximum Gasteiger partial charge on any atom is 0.243 e. The van der Waals surface area contributed by atoms with Gasteiger partial charge in [0.05, 0.1) is 11.4 Å². The molecule has 0 aliphatic carbocycles. The van der Waals surface area contributed by atoms with Crippen LogP contribution in [0.2, 0.25) is 5.02 Å². The number of carbonyl (C=O) groups is 2. The molecule has 0 radical (unpaired) electrons. The fraction of sp³-hybridized carbons (Fsp3) is 0.333. The van der Waals surface area contributed by atoms with Crippen LogP contribution >= 0.6 is 11.6 Å². The van der Waals surface area contributed by atoms with E-state index in [1.165, 1.54) is 43.3 Å². The number of nitrogens with one attached hydrogen (secondary N) is 1. The Morgan fingerprint density at radius 2 is 1.70 bits per heavy atom. The Hall–Kier alpha value is -2.42. The summed E-state index contributed by atoms with van der Waals surface area (Å²) in [5.41, 5.74) is 1.85. The highest BCUT2D eigenvalue weighted by Gasteiger charge is 2.30. The Balaban J connectivity index is 2.27. The van der Waals surface area contributed by atoms with Crippen LogP contribution in [0, 0.1) is 6.92 Å². The lowest BCUT2D eigenvalue weighted by molar-refractivity contribution is -0.140. The quantitative estimate of drug-likeness (QED) is 0.667. The number of rotatable bonds is 8. The molecule has 1 atom stereocenters. The van der Waals surface area contributed by atoms with E-state index in [4.69, 9.17) is 11.6 Å². The second kappa shape index (κ2) is 10.1. The third-order valence-corrected chi connectivity index (χ3v) is 6.96. The smallest absolute Gasteiger partial charge is 0.243 e. The fourth-order valence-corrected chi connectivity index (χ4v) is 4.16. The van der Waals surface area contributed by atoms with Crippen LogP contribution in [0.4, 0.5) is 0 Å². The van der Waals surface area contributed by atoms with Crippen LogP contribution in [0.1, 0.15) is 18.1 Å². The van der Waals surface area contributed by atoms with Crippen molar-refractivity contribution in [2.45, 2.75) is 31.3 Å². The Morgan fingerprint density at radius 1 is 1.10 bits per heavy atom. The van der Waals surface area contributed by atoms with Crippen molar-refractivity contribution in [1.82, 2.24) is 14.5 Å². The minimum Gasteiger partial charge on any atom is -0.357 e. The van der Waals surface area contributed by atoms with Gasteiger partial charge in [-0.3, -0.25) is 9.59 Å². The fourth-order valence-electron chi connectivity index (χ4n) is 2.92. The molecular weight excluding hydrogens is 426 g/mol. The first-order valence-corrected chi connectivity index (χ1v) is 11.2. The molecule has 2 amide bonds. The Bertz CT molecular complexity index is 1010. The average molecular weight is 452 g/mol. The molecular formula is C21H26ClN3O4S. The molecule has 0 heterocycles. The first-order valence-electron chi connectivity index (χ1n) is 9.35. The SMILES string of the molecule is CNC(=O)[C@H](C)N(Cc1ccccc1C)C(=O)CN(C)S(=O)(=O)c1ccc(Cl)cc1. The Kier molecular flexibility index (Phi) is 8.00. The Morgan fingerprint density at radius 3 is 2.27 bits per heavy atom. The van der Waals surface area contributed by atoms with Crippen LogP contribution in [-0.2, 0) is 26.2 Å². The van der Waals surface area contributed by atoms with Crippen LogP contribution in [0.5, 0.6) is 0 Å². The summed E-state index contributed by atoms with van der Waals surface area (Å²) in [7, 11) is -1.07. The van der Waals surface area contributed by atoms with Gasteiger partial charge in [0.1, 0.15) is 6.04 Å². The monoisotopic (exact) mass is 451 g/mol. The summed E-state index contributed by atoms with van der Waals surface area (Å²) in [5, 5.41) is 2.95. The highest BCUT2D eigenvalue weighted by Crippen LogP contribution is 2.19. The number of amides is 2. The van der Waals surface area contributed by atoms with E-state index in [0.29, 0.717) is 5.02 Å². The molecule has 7 nitrogen and oxygen atoms in total. The molecule has 0 aliphatic rings. The molecule has 1 N–H and O–H groups in total. The summed E-state index contributed by atoms with van der Waals surface area (Å²) >= 11 is 5.83. The highest BCUT2D eigenvalue weighted by molar-refractivity contribution is 7.89. The van der Waals surface area contributed by atoms with Crippen molar-refractivity contribution in [3.63, 3.8) is 0 Å². The van der Waals surface area contributed by atoms with E-state index in [-0.39, 0.29) is 17.3 Å². The molecule has 2 aromatic carbocycles. The average Bonchev–Trinajstić information content (AvgIpc) is 2.72. The summed E-state index contributed by atoms with van der Waals surface area (Å²) in [5.74, 6) is -0.811. The number of hydrogen-bond donors (Lipinski definition) is 1. The summed E-state index contributed by atoms with van der Waals surface area (Å²) in [4.78, 5) is 26.7. The van der Waals surface area contributed by atoms with Crippen LogP contribution in [-0.4, -0.2) is 56.1 Å². The van der Waals surface area contributed by atoms with Crippen molar-refractivity contribution in [2.75, 3.05) is 20.6 Å². The maximum atomic E-state index is 13.1. The van der Waals surface area contributed by atoms with Crippen molar-refractivity contribution >= 4 is 33.4 Å². The minimum atomic E-state index is -3.89. The van der Waals surface area contributed by atoms with E-state index in [2.05, 4.69) is 5.32 Å². The zero-order chi connectivity index (χ0) is 22.5. The molecule has 2 rings (SSSR count). The topological polar surface area (TPSA) is 86.8 Å². The van der Waals surface area contributed by atoms with Crippen molar-refractivity contribution in [1.29, 1.82) is 0 Å². The van der Waals surface area contributed by atoms with E-state index in [1.54, 1.807) is 6.92 Å². The molecule has 0 unspecified atom stereocenters. The molecule has 2 aromatic rings. The van der Waals surface area contributed by atoms with E-state index in [9.17, 15) is 18.0 Å². The normalized spacial score (nSPS) is 12.5. The van der Waals surface area contributed by atoms with E-state index >= 15 is 0 Å². The van der Waals surface area contributed by atoms with Gasteiger partial charge in [0, 0.05) is 25.7 Å². The van der Waals surface area contributed by atoms with Gasteiger partial charge in [0.25, 0.3) is 0 Å². The molecule has 9 heteroatoms.